The molecule has 2 aromatic carbocycles. The first-order valence-electron chi connectivity index (χ1n) is 8.05. The zero-order valence-corrected chi connectivity index (χ0v) is 16.9. The van der Waals surface area contributed by atoms with E-state index in [4.69, 9.17) is 27.9 Å². The first-order chi connectivity index (χ1) is 13.3. The second-order valence-electron chi connectivity index (χ2n) is 5.89. The number of nitrogens with zero attached hydrogens (tertiary/aromatic N) is 1. The number of amides is 1. The van der Waals surface area contributed by atoms with Crippen LogP contribution in [0.2, 0.25) is 10.0 Å². The lowest BCUT2D eigenvalue weighted by molar-refractivity contribution is -0.383. The van der Waals surface area contributed by atoms with Crippen LogP contribution in [0.3, 0.4) is 0 Å². The summed E-state index contributed by atoms with van der Waals surface area (Å²) in [6, 6.07) is 11.1. The van der Waals surface area contributed by atoms with Gasteiger partial charge in [0.1, 0.15) is 18.0 Å². The maximum atomic E-state index is 12.4. The summed E-state index contributed by atoms with van der Waals surface area (Å²) in [4.78, 5) is 23.4. The number of nitrogens with one attached hydrogen (secondary N) is 1. The Balaban J connectivity index is 1.68. The molecule has 1 amide bonds. The van der Waals surface area contributed by atoms with Crippen LogP contribution in [0, 0.1) is 17.0 Å². The zero-order valence-electron chi connectivity index (χ0n) is 14.6. The third kappa shape index (κ3) is 4.81. The third-order valence-electron chi connectivity index (χ3n) is 3.81. The van der Waals surface area contributed by atoms with Crippen molar-refractivity contribution in [3.05, 3.63) is 84.0 Å². The van der Waals surface area contributed by atoms with Crippen molar-refractivity contribution in [1.82, 2.24) is 0 Å². The smallest absolute Gasteiger partial charge is 0.294 e. The van der Waals surface area contributed by atoms with E-state index in [0.29, 0.717) is 15.6 Å². The van der Waals surface area contributed by atoms with Crippen LogP contribution in [0.15, 0.2) is 47.8 Å². The Hall–Kier alpha value is -2.61. The first kappa shape index (κ1) is 20.1. The number of carbonyl (C=O) groups is 1. The van der Waals surface area contributed by atoms with E-state index in [0.717, 1.165) is 11.1 Å². The van der Waals surface area contributed by atoms with Gasteiger partial charge in [0, 0.05) is 21.7 Å². The molecule has 0 aliphatic heterocycles. The number of hydrogen-bond acceptors (Lipinski definition) is 5. The van der Waals surface area contributed by atoms with Crippen molar-refractivity contribution in [2.24, 2.45) is 0 Å². The van der Waals surface area contributed by atoms with E-state index in [9.17, 15) is 14.9 Å². The third-order valence-corrected chi connectivity index (χ3v) is 5.26. The molecule has 0 saturated carbocycles. The van der Waals surface area contributed by atoms with Gasteiger partial charge in [0.15, 0.2) is 0 Å². The molecule has 0 fully saturated rings. The molecule has 0 saturated heterocycles. The van der Waals surface area contributed by atoms with Crippen LogP contribution in [0.4, 0.5) is 11.4 Å². The van der Waals surface area contributed by atoms with Crippen molar-refractivity contribution >= 4 is 51.8 Å². The minimum absolute atomic E-state index is 0.0855. The molecule has 0 spiro atoms. The van der Waals surface area contributed by atoms with Crippen molar-refractivity contribution < 1.29 is 14.5 Å². The van der Waals surface area contributed by atoms with Crippen molar-refractivity contribution in [3.8, 4) is 5.75 Å². The van der Waals surface area contributed by atoms with Crippen LogP contribution in [0.1, 0.15) is 20.8 Å². The maximum Gasteiger partial charge on any atom is 0.294 e. The summed E-state index contributed by atoms with van der Waals surface area (Å²) in [5.41, 5.74) is 1.55. The summed E-state index contributed by atoms with van der Waals surface area (Å²) < 4.78 is 5.77. The average molecular weight is 437 g/mol. The first-order valence-corrected chi connectivity index (χ1v) is 9.68. The van der Waals surface area contributed by atoms with E-state index in [2.05, 4.69) is 5.32 Å². The lowest BCUT2D eigenvalue weighted by Gasteiger charge is -2.08. The number of ether oxygens (including phenoxy) is 1. The number of aryl methyl sites for hydroxylation is 1. The Morgan fingerprint density at radius 1 is 1.18 bits per heavy atom. The van der Waals surface area contributed by atoms with E-state index in [1.54, 1.807) is 23.6 Å². The van der Waals surface area contributed by atoms with Crippen LogP contribution in [-0.4, -0.2) is 10.8 Å². The highest BCUT2D eigenvalue weighted by Crippen LogP contribution is 2.29. The maximum absolute atomic E-state index is 12.4. The number of carbonyl (C=O) groups excluding carboxylic acids is 1. The van der Waals surface area contributed by atoms with Crippen LogP contribution < -0.4 is 10.1 Å². The van der Waals surface area contributed by atoms with Gasteiger partial charge in [-0.1, -0.05) is 23.2 Å². The summed E-state index contributed by atoms with van der Waals surface area (Å²) >= 11 is 12.9. The summed E-state index contributed by atoms with van der Waals surface area (Å²) in [6.45, 7) is 2.18. The normalized spacial score (nSPS) is 10.5. The number of hydrogen-bond donors (Lipinski definition) is 1. The monoisotopic (exact) mass is 436 g/mol. The molecule has 0 aliphatic carbocycles. The Morgan fingerprint density at radius 2 is 1.89 bits per heavy atom. The molecule has 6 nitrogen and oxygen atoms in total. The number of benzene rings is 2. The summed E-state index contributed by atoms with van der Waals surface area (Å²) in [5.74, 6) is 0.266. The molecule has 0 radical (unpaired) electrons. The second kappa shape index (κ2) is 8.60. The lowest BCUT2D eigenvalue weighted by Crippen LogP contribution is -2.11. The van der Waals surface area contributed by atoms with Gasteiger partial charge >= 0.3 is 0 Å². The van der Waals surface area contributed by atoms with Gasteiger partial charge in [-0.3, -0.25) is 14.9 Å². The number of rotatable bonds is 6. The van der Waals surface area contributed by atoms with E-state index in [1.807, 2.05) is 13.0 Å². The largest absolute Gasteiger partial charge is 0.489 e. The molecule has 0 bridgehead atoms. The molecule has 0 atom stereocenters. The van der Waals surface area contributed by atoms with Gasteiger partial charge in [0.25, 0.3) is 11.6 Å². The average Bonchev–Trinajstić information content (AvgIpc) is 3.11. The molecule has 1 N–H and O–H groups in total. The van der Waals surface area contributed by atoms with Gasteiger partial charge in [-0.15, -0.1) is 11.3 Å². The van der Waals surface area contributed by atoms with E-state index >= 15 is 0 Å². The van der Waals surface area contributed by atoms with Gasteiger partial charge < -0.3 is 10.1 Å². The van der Waals surface area contributed by atoms with Crippen LogP contribution in [0.5, 0.6) is 5.75 Å². The molecule has 3 aromatic rings. The predicted molar refractivity (Wildman–Crippen MR) is 111 cm³/mol. The van der Waals surface area contributed by atoms with E-state index < -0.39 is 10.8 Å². The fraction of sp³-hybridized carbons (Fsp3) is 0.105. The zero-order chi connectivity index (χ0) is 20.3. The molecule has 9 heteroatoms. The van der Waals surface area contributed by atoms with Crippen molar-refractivity contribution in [1.29, 1.82) is 0 Å². The quantitative estimate of drug-likeness (QED) is 0.373. The van der Waals surface area contributed by atoms with Gasteiger partial charge in [-0.2, -0.15) is 0 Å². The predicted octanol–water partition coefficient (Wildman–Crippen LogP) is 6.10. The molecule has 28 heavy (non-hydrogen) atoms. The topological polar surface area (TPSA) is 81.5 Å². The van der Waals surface area contributed by atoms with E-state index in [-0.39, 0.29) is 23.0 Å². The van der Waals surface area contributed by atoms with Gasteiger partial charge in [0.05, 0.1) is 9.80 Å². The summed E-state index contributed by atoms with van der Waals surface area (Å²) in [7, 11) is 0. The Labute approximate surface area is 174 Å². The minimum Gasteiger partial charge on any atom is -0.489 e. The number of nitro benzene ring substituents is 1. The van der Waals surface area contributed by atoms with Crippen molar-refractivity contribution in [2.45, 2.75) is 13.5 Å². The van der Waals surface area contributed by atoms with Crippen molar-refractivity contribution in [3.63, 3.8) is 0 Å². The van der Waals surface area contributed by atoms with Gasteiger partial charge in [-0.25, -0.2) is 0 Å². The van der Waals surface area contributed by atoms with Crippen LogP contribution >= 0.6 is 34.5 Å². The fourth-order valence-electron chi connectivity index (χ4n) is 2.45. The number of thiophene rings is 1. The number of nitro groups is 1. The molecular formula is C19H14Cl2N2O4S. The van der Waals surface area contributed by atoms with Gasteiger partial charge in [-0.05, 0) is 54.3 Å². The number of halogens is 2. The molecule has 0 aliphatic rings. The second-order valence-corrected chi connectivity index (χ2v) is 7.67. The minimum atomic E-state index is -0.594. The number of anilines is 1. The fourth-order valence-corrected chi connectivity index (χ4v) is 3.64. The summed E-state index contributed by atoms with van der Waals surface area (Å²) in [5, 5.41) is 16.3. The van der Waals surface area contributed by atoms with Crippen molar-refractivity contribution in [2.75, 3.05) is 5.32 Å². The highest BCUT2D eigenvalue weighted by atomic mass is 35.5. The summed E-state index contributed by atoms with van der Waals surface area (Å²) in [6.07, 6.45) is 0. The highest BCUT2D eigenvalue weighted by molar-refractivity contribution is 7.12. The SMILES string of the molecule is Cc1cc(Cl)ccc1OCc1csc(C(=O)Nc2ccc(Cl)cc2[N+](=O)[O-])c1. The molecule has 3 rings (SSSR count). The molecular weight excluding hydrogens is 423 g/mol. The standard InChI is InChI=1S/C19H14Cl2N2O4S/c1-11-6-13(20)3-5-17(11)27-9-12-7-18(28-10-12)19(24)22-15-4-2-14(21)8-16(15)23(25)26/h2-8,10H,9H2,1H3,(H,22,24). The lowest BCUT2D eigenvalue weighted by atomic mass is 10.2. The molecule has 1 aromatic heterocycles. The highest BCUT2D eigenvalue weighted by Gasteiger charge is 2.18. The molecule has 144 valence electrons. The van der Waals surface area contributed by atoms with Crippen LogP contribution in [0.25, 0.3) is 0 Å². The Kier molecular flexibility index (Phi) is 6.18. The molecule has 0 unspecified atom stereocenters. The Morgan fingerprint density at radius 3 is 2.61 bits per heavy atom. The Bertz CT molecular complexity index is 1050. The van der Waals surface area contributed by atoms with E-state index in [1.165, 1.54) is 29.5 Å². The molecule has 1 heterocycles. The van der Waals surface area contributed by atoms with Gasteiger partial charge in [0.2, 0.25) is 0 Å². The van der Waals surface area contributed by atoms with Crippen LogP contribution in [-0.2, 0) is 6.61 Å².